The lowest BCUT2D eigenvalue weighted by Gasteiger charge is -2.12. The fourth-order valence-electron chi connectivity index (χ4n) is 1.11. The molecule has 0 atom stereocenters. The average molecular weight is 324 g/mol. The number of hydrogen-bond donors (Lipinski definition) is 0. The number of halogens is 5. The van der Waals surface area contributed by atoms with E-state index in [0.717, 1.165) is 0 Å². The molecule has 0 N–H and O–H groups in total. The van der Waals surface area contributed by atoms with Crippen LogP contribution in [0, 0.1) is 15.9 Å². The van der Waals surface area contributed by atoms with Crippen molar-refractivity contribution in [3.8, 4) is 5.75 Å². The fourth-order valence-corrected chi connectivity index (χ4v) is 2.21. The summed E-state index contributed by atoms with van der Waals surface area (Å²) in [7, 11) is -0.288. The molecule has 0 aliphatic heterocycles. The molecule has 1 aromatic rings. The zero-order valence-electron chi connectivity index (χ0n) is 8.44. The molecule has 0 saturated carbocycles. The normalized spacial score (nSPS) is 12.3. The number of ether oxygens (including phenoxy) is 1. The smallest absolute Gasteiger partial charge is 0.397 e. The lowest BCUT2D eigenvalue weighted by atomic mass is 10.3. The Morgan fingerprint density at radius 1 is 1.32 bits per heavy atom. The van der Waals surface area contributed by atoms with E-state index in [1.807, 2.05) is 0 Å². The molecule has 0 aromatic heterocycles. The predicted molar refractivity (Wildman–Crippen MR) is 52.8 cm³/mol. The fraction of sp³-hybridized carbons (Fsp3) is 0.143. The third-order valence-corrected chi connectivity index (χ3v) is 3.03. The zero-order valence-corrected chi connectivity index (χ0v) is 10.0. The molecule has 106 valence electrons. The topological polar surface area (TPSA) is 86.5 Å². The second-order valence-electron chi connectivity index (χ2n) is 2.97. The van der Waals surface area contributed by atoms with Gasteiger partial charge in [-0.1, -0.05) is 0 Å². The monoisotopic (exact) mass is 323 g/mol. The third-order valence-electron chi connectivity index (χ3n) is 1.70. The number of rotatable bonds is 3. The highest BCUT2D eigenvalue weighted by molar-refractivity contribution is 8.13. The maximum absolute atomic E-state index is 13.2. The second-order valence-corrected chi connectivity index (χ2v) is 5.47. The van der Waals surface area contributed by atoms with Gasteiger partial charge in [0, 0.05) is 16.7 Å². The van der Waals surface area contributed by atoms with Crippen molar-refractivity contribution in [2.45, 2.75) is 11.3 Å². The molecular formula is C7H2ClF4NO5S. The Morgan fingerprint density at radius 3 is 2.21 bits per heavy atom. The SMILES string of the molecule is O=[N+]([O-])c1ccc(F)c(S(=O)(=O)Cl)c1OC(F)(F)F. The summed E-state index contributed by atoms with van der Waals surface area (Å²) in [6.45, 7) is 0. The van der Waals surface area contributed by atoms with E-state index in [4.69, 9.17) is 10.7 Å². The Hall–Kier alpha value is -1.62. The molecule has 0 unspecified atom stereocenters. The maximum Gasteiger partial charge on any atom is 0.573 e. The second kappa shape index (κ2) is 4.81. The quantitative estimate of drug-likeness (QED) is 0.369. The van der Waals surface area contributed by atoms with Crippen LogP contribution in [0.5, 0.6) is 5.75 Å². The molecule has 1 rings (SSSR count). The van der Waals surface area contributed by atoms with Crippen LogP contribution in [0.4, 0.5) is 23.2 Å². The van der Waals surface area contributed by atoms with E-state index >= 15 is 0 Å². The molecular weight excluding hydrogens is 322 g/mol. The van der Waals surface area contributed by atoms with Crippen LogP contribution in [-0.2, 0) is 9.05 Å². The van der Waals surface area contributed by atoms with Gasteiger partial charge in [-0.05, 0) is 6.07 Å². The molecule has 0 spiro atoms. The lowest BCUT2D eigenvalue weighted by molar-refractivity contribution is -0.389. The summed E-state index contributed by atoms with van der Waals surface area (Å²) in [6.07, 6.45) is -5.46. The van der Waals surface area contributed by atoms with Crippen molar-refractivity contribution in [1.29, 1.82) is 0 Å². The molecule has 0 bridgehead atoms. The Balaban J connectivity index is 3.70. The molecule has 0 heterocycles. The van der Waals surface area contributed by atoms with E-state index in [0.29, 0.717) is 6.07 Å². The summed E-state index contributed by atoms with van der Waals surface area (Å²) in [5.74, 6) is -3.53. The van der Waals surface area contributed by atoms with Crippen molar-refractivity contribution in [2.24, 2.45) is 0 Å². The van der Waals surface area contributed by atoms with Gasteiger partial charge in [0.1, 0.15) is 5.82 Å². The Labute approximate surface area is 107 Å². The first kappa shape index (κ1) is 15.4. The summed E-state index contributed by atoms with van der Waals surface area (Å²) in [4.78, 5) is 7.38. The molecule has 0 saturated heterocycles. The van der Waals surface area contributed by atoms with Crippen molar-refractivity contribution in [2.75, 3.05) is 0 Å². The van der Waals surface area contributed by atoms with Gasteiger partial charge in [-0.3, -0.25) is 10.1 Å². The van der Waals surface area contributed by atoms with Crippen LogP contribution >= 0.6 is 10.7 Å². The summed E-state index contributed by atoms with van der Waals surface area (Å²) in [6, 6.07) is 0.610. The number of nitro groups is 1. The van der Waals surface area contributed by atoms with Crippen LogP contribution in [0.15, 0.2) is 17.0 Å². The van der Waals surface area contributed by atoms with Gasteiger partial charge in [0.15, 0.2) is 4.90 Å². The van der Waals surface area contributed by atoms with E-state index in [-0.39, 0.29) is 6.07 Å². The minimum Gasteiger partial charge on any atom is -0.397 e. The van der Waals surface area contributed by atoms with Crippen molar-refractivity contribution in [3.05, 3.63) is 28.1 Å². The minimum absolute atomic E-state index is 0.288. The van der Waals surface area contributed by atoms with Gasteiger partial charge >= 0.3 is 12.0 Å². The molecule has 0 fully saturated rings. The van der Waals surface area contributed by atoms with Crippen LogP contribution in [-0.4, -0.2) is 19.7 Å². The number of hydrogen-bond acceptors (Lipinski definition) is 5. The van der Waals surface area contributed by atoms with E-state index in [1.165, 1.54) is 0 Å². The van der Waals surface area contributed by atoms with Gasteiger partial charge < -0.3 is 4.74 Å². The molecule has 19 heavy (non-hydrogen) atoms. The van der Waals surface area contributed by atoms with Crippen molar-refractivity contribution >= 4 is 25.4 Å². The van der Waals surface area contributed by atoms with E-state index < -0.39 is 42.5 Å². The first-order valence-corrected chi connectivity index (χ1v) is 6.41. The summed E-state index contributed by atoms with van der Waals surface area (Å²) >= 11 is 0. The van der Waals surface area contributed by atoms with Crippen molar-refractivity contribution in [3.63, 3.8) is 0 Å². The molecule has 0 aliphatic carbocycles. The first-order valence-electron chi connectivity index (χ1n) is 4.11. The predicted octanol–water partition coefficient (Wildman–Crippen LogP) is 2.56. The number of nitro benzene ring substituents is 1. The maximum atomic E-state index is 13.2. The van der Waals surface area contributed by atoms with E-state index in [9.17, 15) is 36.1 Å². The van der Waals surface area contributed by atoms with E-state index in [2.05, 4.69) is 4.74 Å². The van der Waals surface area contributed by atoms with Gasteiger partial charge in [-0.25, -0.2) is 12.8 Å². The number of nitrogens with zero attached hydrogens (tertiary/aromatic N) is 1. The molecule has 0 amide bonds. The van der Waals surface area contributed by atoms with Gasteiger partial charge in [-0.2, -0.15) is 0 Å². The highest BCUT2D eigenvalue weighted by atomic mass is 35.7. The summed E-state index contributed by atoms with van der Waals surface area (Å²) in [5, 5.41) is 10.5. The molecule has 0 radical (unpaired) electrons. The molecule has 0 aliphatic rings. The van der Waals surface area contributed by atoms with Gasteiger partial charge in [-0.15, -0.1) is 13.2 Å². The van der Waals surface area contributed by atoms with Crippen LogP contribution in [0.3, 0.4) is 0 Å². The van der Waals surface area contributed by atoms with Crippen LogP contribution in [0.2, 0.25) is 0 Å². The van der Waals surface area contributed by atoms with Crippen LogP contribution in [0.25, 0.3) is 0 Å². The minimum atomic E-state index is -5.46. The standard InChI is InChI=1S/C7H2ClF4NO5S/c8-19(16,17)6-3(9)1-2-4(13(14)15)5(6)18-7(10,11)12/h1-2H. The molecule has 1 aromatic carbocycles. The van der Waals surface area contributed by atoms with Crippen LogP contribution < -0.4 is 4.74 Å². The first-order chi connectivity index (χ1) is 8.43. The molecule has 12 heteroatoms. The Bertz CT molecular complexity index is 629. The van der Waals surface area contributed by atoms with E-state index in [1.54, 1.807) is 0 Å². The molecule has 6 nitrogen and oxygen atoms in total. The largest absolute Gasteiger partial charge is 0.573 e. The van der Waals surface area contributed by atoms with Gasteiger partial charge in [0.05, 0.1) is 4.92 Å². The Morgan fingerprint density at radius 2 is 1.84 bits per heavy atom. The van der Waals surface area contributed by atoms with Crippen molar-refractivity contribution < 1.29 is 35.6 Å². The van der Waals surface area contributed by atoms with Gasteiger partial charge in [0.25, 0.3) is 9.05 Å². The average Bonchev–Trinajstić information content (AvgIpc) is 2.11. The highest BCUT2D eigenvalue weighted by Gasteiger charge is 2.39. The summed E-state index contributed by atoms with van der Waals surface area (Å²) in [5.41, 5.74) is -1.39. The zero-order chi connectivity index (χ0) is 15.0. The van der Waals surface area contributed by atoms with Crippen molar-refractivity contribution in [1.82, 2.24) is 0 Å². The lowest BCUT2D eigenvalue weighted by Crippen LogP contribution is -2.20. The Kier molecular flexibility index (Phi) is 3.91. The number of alkyl halides is 3. The van der Waals surface area contributed by atoms with Crippen LogP contribution in [0.1, 0.15) is 0 Å². The van der Waals surface area contributed by atoms with Gasteiger partial charge in [0.2, 0.25) is 5.75 Å². The highest BCUT2D eigenvalue weighted by Crippen LogP contribution is 2.40. The number of benzene rings is 1. The third kappa shape index (κ3) is 3.67. The summed E-state index contributed by atoms with van der Waals surface area (Å²) < 4.78 is 74.6.